The molecule has 1 aliphatic heterocycles. The van der Waals surface area contributed by atoms with Crippen LogP contribution in [-0.2, 0) is 24.2 Å². The minimum atomic E-state index is -0.477. The monoisotopic (exact) mass is 489 g/mol. The number of piperidine rings is 1. The third-order valence-electron chi connectivity index (χ3n) is 7.43. The molecule has 0 spiro atoms. The van der Waals surface area contributed by atoms with E-state index in [1.807, 2.05) is 37.9 Å². The van der Waals surface area contributed by atoms with Crippen LogP contribution < -0.4 is 0 Å². The minimum Gasteiger partial charge on any atom is -0.444 e. The molecule has 1 amide bonds. The quantitative estimate of drug-likeness (QED) is 0.468. The highest BCUT2D eigenvalue weighted by Gasteiger charge is 2.30. The Kier molecular flexibility index (Phi) is 7.02. The van der Waals surface area contributed by atoms with Crippen LogP contribution in [0, 0.1) is 5.92 Å². The second-order valence-electron chi connectivity index (χ2n) is 11.4. The first-order valence-electron chi connectivity index (χ1n) is 13.3. The van der Waals surface area contributed by atoms with E-state index in [2.05, 4.69) is 46.8 Å². The lowest BCUT2D eigenvalue weighted by Gasteiger charge is -2.35. The molecule has 3 aromatic rings. The maximum Gasteiger partial charge on any atom is 0.410 e. The van der Waals surface area contributed by atoms with Crippen LogP contribution in [0.25, 0.3) is 11.0 Å². The van der Waals surface area contributed by atoms with Crippen LogP contribution in [0.2, 0.25) is 0 Å². The van der Waals surface area contributed by atoms with E-state index in [0.29, 0.717) is 12.0 Å². The number of carbonyl (C=O) groups excluding carboxylic acids is 1. The van der Waals surface area contributed by atoms with Crippen molar-refractivity contribution in [2.24, 2.45) is 5.92 Å². The van der Waals surface area contributed by atoms with E-state index in [1.54, 1.807) is 0 Å². The van der Waals surface area contributed by atoms with Gasteiger partial charge in [0.1, 0.15) is 11.4 Å². The average molecular weight is 490 g/mol. The molecule has 1 fully saturated rings. The molecule has 2 atom stereocenters. The van der Waals surface area contributed by atoms with Crippen molar-refractivity contribution in [3.8, 4) is 0 Å². The molecule has 1 aliphatic carbocycles. The number of likely N-dealkylation sites (tertiary alicyclic amines) is 1. The fourth-order valence-electron chi connectivity index (χ4n) is 5.76. The Morgan fingerprint density at radius 1 is 1.14 bits per heavy atom. The van der Waals surface area contributed by atoms with Crippen molar-refractivity contribution in [3.63, 3.8) is 0 Å². The Morgan fingerprint density at radius 2 is 1.97 bits per heavy atom. The molecule has 0 radical (unpaired) electrons. The lowest BCUT2D eigenvalue weighted by Crippen LogP contribution is -2.43. The zero-order chi connectivity index (χ0) is 25.3. The van der Waals surface area contributed by atoms with Gasteiger partial charge in [0, 0.05) is 25.8 Å². The van der Waals surface area contributed by atoms with Crippen LogP contribution in [0.1, 0.15) is 69.6 Å². The molecule has 2 aliphatic rings. The van der Waals surface area contributed by atoms with Gasteiger partial charge in [-0.3, -0.25) is 9.88 Å². The largest absolute Gasteiger partial charge is 0.444 e. The molecule has 1 saturated heterocycles. The second kappa shape index (κ2) is 10.2. The summed E-state index contributed by atoms with van der Waals surface area (Å²) in [5.41, 5.74) is 4.31. The molecule has 0 bridgehead atoms. The summed E-state index contributed by atoms with van der Waals surface area (Å²) in [6, 6.07) is 13.0. The SMILES string of the molecule is CN(Cc1nc2ccccc2n1C[C@H]1CCCN(C(=O)OC(C)(C)C)C1)[C@@H]1CCCc2cccnc21. The first-order valence-corrected chi connectivity index (χ1v) is 13.3. The van der Waals surface area contributed by atoms with E-state index in [-0.39, 0.29) is 6.09 Å². The summed E-state index contributed by atoms with van der Waals surface area (Å²) in [7, 11) is 2.20. The maximum atomic E-state index is 12.7. The lowest BCUT2D eigenvalue weighted by molar-refractivity contribution is 0.0157. The van der Waals surface area contributed by atoms with Crippen molar-refractivity contribution in [2.75, 3.05) is 20.1 Å². The molecule has 2 aromatic heterocycles. The van der Waals surface area contributed by atoms with Crippen LogP contribution in [0.4, 0.5) is 4.79 Å². The van der Waals surface area contributed by atoms with Gasteiger partial charge in [0.2, 0.25) is 0 Å². The van der Waals surface area contributed by atoms with E-state index < -0.39 is 5.60 Å². The Morgan fingerprint density at radius 3 is 2.81 bits per heavy atom. The second-order valence-corrected chi connectivity index (χ2v) is 11.4. The molecule has 3 heterocycles. The first-order chi connectivity index (χ1) is 17.3. The molecule has 0 unspecified atom stereocenters. The highest BCUT2D eigenvalue weighted by Crippen LogP contribution is 2.33. The Hall–Kier alpha value is -2.93. The molecular weight excluding hydrogens is 450 g/mol. The van der Waals surface area contributed by atoms with Crippen LogP contribution in [-0.4, -0.2) is 56.2 Å². The number of ether oxygens (including phenoxy) is 1. The normalized spacial score (nSPS) is 20.5. The van der Waals surface area contributed by atoms with Crippen molar-refractivity contribution in [2.45, 2.75) is 77.6 Å². The standard InChI is InChI=1S/C29H39N5O2/c1-29(2,3)36-28(35)33-17-9-10-21(18-33)19-34-24-14-6-5-13-23(24)31-26(34)20-32(4)25-15-7-11-22-12-8-16-30-27(22)25/h5-6,8,12-14,16,21,25H,7,9-11,15,17-20H2,1-4H3/t21-,25+/m0/s1. The number of aromatic nitrogens is 3. The number of carbonyl (C=O) groups is 1. The maximum absolute atomic E-state index is 12.7. The van der Waals surface area contributed by atoms with Crippen LogP contribution in [0.15, 0.2) is 42.6 Å². The molecule has 7 nitrogen and oxygen atoms in total. The molecular formula is C29H39N5O2. The number of pyridine rings is 1. The Bertz CT molecular complexity index is 1210. The number of rotatable bonds is 5. The summed E-state index contributed by atoms with van der Waals surface area (Å²) in [6.45, 7) is 8.86. The number of benzene rings is 1. The van der Waals surface area contributed by atoms with Crippen LogP contribution in [0.3, 0.4) is 0 Å². The smallest absolute Gasteiger partial charge is 0.410 e. The molecule has 5 rings (SSSR count). The van der Waals surface area contributed by atoms with Gasteiger partial charge in [-0.1, -0.05) is 18.2 Å². The highest BCUT2D eigenvalue weighted by atomic mass is 16.6. The van der Waals surface area contributed by atoms with Crippen molar-refractivity contribution < 1.29 is 9.53 Å². The Labute approximate surface area is 214 Å². The van der Waals surface area contributed by atoms with E-state index >= 15 is 0 Å². The van der Waals surface area contributed by atoms with Gasteiger partial charge < -0.3 is 14.2 Å². The van der Waals surface area contributed by atoms with Crippen molar-refractivity contribution in [1.82, 2.24) is 24.3 Å². The summed E-state index contributed by atoms with van der Waals surface area (Å²) in [5, 5.41) is 0. The third kappa shape index (κ3) is 5.41. The van der Waals surface area contributed by atoms with Crippen molar-refractivity contribution in [1.29, 1.82) is 0 Å². The molecule has 7 heteroatoms. The van der Waals surface area contributed by atoms with Gasteiger partial charge >= 0.3 is 6.09 Å². The van der Waals surface area contributed by atoms with Gasteiger partial charge in [0.15, 0.2) is 0 Å². The number of para-hydroxylation sites is 2. The number of fused-ring (bicyclic) bond motifs is 2. The number of amides is 1. The van der Waals surface area contributed by atoms with Gasteiger partial charge in [0.25, 0.3) is 0 Å². The van der Waals surface area contributed by atoms with Crippen LogP contribution in [0.5, 0.6) is 0 Å². The lowest BCUT2D eigenvalue weighted by atomic mass is 9.91. The summed E-state index contributed by atoms with van der Waals surface area (Å²) in [5.74, 6) is 1.45. The summed E-state index contributed by atoms with van der Waals surface area (Å²) in [4.78, 5) is 26.9. The third-order valence-corrected chi connectivity index (χ3v) is 7.43. The van der Waals surface area contributed by atoms with E-state index in [9.17, 15) is 4.79 Å². The Balaban J connectivity index is 1.36. The molecule has 0 saturated carbocycles. The van der Waals surface area contributed by atoms with Gasteiger partial charge in [0.05, 0.1) is 29.3 Å². The number of aryl methyl sites for hydroxylation is 1. The fourth-order valence-corrected chi connectivity index (χ4v) is 5.76. The van der Waals surface area contributed by atoms with Gasteiger partial charge in [-0.15, -0.1) is 0 Å². The minimum absolute atomic E-state index is 0.203. The first kappa shape index (κ1) is 24.8. The zero-order valence-corrected chi connectivity index (χ0v) is 22.1. The fraction of sp³-hybridized carbons (Fsp3) is 0.552. The average Bonchev–Trinajstić information content (AvgIpc) is 3.19. The summed E-state index contributed by atoms with van der Waals surface area (Å²) >= 11 is 0. The summed E-state index contributed by atoms with van der Waals surface area (Å²) in [6.07, 6.45) is 7.23. The highest BCUT2D eigenvalue weighted by molar-refractivity contribution is 5.76. The predicted octanol–water partition coefficient (Wildman–Crippen LogP) is 5.59. The van der Waals surface area contributed by atoms with Gasteiger partial charge in [-0.2, -0.15) is 0 Å². The predicted molar refractivity (Wildman–Crippen MR) is 142 cm³/mol. The number of hydrogen-bond acceptors (Lipinski definition) is 5. The zero-order valence-electron chi connectivity index (χ0n) is 22.1. The number of nitrogens with zero attached hydrogens (tertiary/aromatic N) is 5. The molecule has 1 aromatic carbocycles. The van der Waals surface area contributed by atoms with Crippen LogP contribution >= 0.6 is 0 Å². The number of imidazole rings is 1. The van der Waals surface area contributed by atoms with Crippen molar-refractivity contribution in [3.05, 3.63) is 59.7 Å². The molecule has 0 N–H and O–H groups in total. The molecule has 192 valence electrons. The number of hydrogen-bond donors (Lipinski definition) is 0. The van der Waals surface area contributed by atoms with E-state index in [0.717, 1.165) is 68.7 Å². The van der Waals surface area contributed by atoms with E-state index in [4.69, 9.17) is 14.7 Å². The summed E-state index contributed by atoms with van der Waals surface area (Å²) < 4.78 is 8.04. The van der Waals surface area contributed by atoms with Crippen molar-refractivity contribution >= 4 is 17.1 Å². The van der Waals surface area contributed by atoms with E-state index in [1.165, 1.54) is 17.7 Å². The van der Waals surface area contributed by atoms with Gasteiger partial charge in [-0.05, 0) is 89.6 Å². The molecule has 36 heavy (non-hydrogen) atoms. The topological polar surface area (TPSA) is 63.5 Å². The van der Waals surface area contributed by atoms with Gasteiger partial charge in [-0.25, -0.2) is 9.78 Å².